The van der Waals surface area contributed by atoms with Crippen LogP contribution in [0.3, 0.4) is 0 Å². The number of piperidine rings is 1. The number of hydrogen-bond donors (Lipinski definition) is 4. The number of rotatable bonds is 4. The molecule has 7 nitrogen and oxygen atoms in total. The molecule has 154 valence electrons. The number of halogens is 1. The zero-order chi connectivity index (χ0) is 20.3. The molecular formula is C20H27ClN2O5. The van der Waals surface area contributed by atoms with Gasteiger partial charge in [0, 0.05) is 19.1 Å². The maximum atomic E-state index is 13.5. The lowest BCUT2D eigenvalue weighted by Crippen LogP contribution is -2.52. The van der Waals surface area contributed by atoms with Gasteiger partial charge in [0.25, 0.3) is 0 Å². The third kappa shape index (κ3) is 4.52. The summed E-state index contributed by atoms with van der Waals surface area (Å²) in [5.74, 6) is -0.984. The summed E-state index contributed by atoms with van der Waals surface area (Å²) in [6.07, 6.45) is 3.86. The van der Waals surface area contributed by atoms with Crippen LogP contribution in [0.1, 0.15) is 56.4 Å². The number of benzene rings is 1. The van der Waals surface area contributed by atoms with Gasteiger partial charge in [-0.05, 0) is 43.4 Å². The lowest BCUT2D eigenvalue weighted by atomic mass is 9.72. The molecule has 2 amide bonds. The molecule has 2 fully saturated rings. The average molecular weight is 411 g/mol. The molecule has 1 aliphatic heterocycles. The summed E-state index contributed by atoms with van der Waals surface area (Å²) in [6.45, 7) is 0.865. The second-order valence-electron chi connectivity index (χ2n) is 7.86. The topological polar surface area (TPSA) is 110 Å². The van der Waals surface area contributed by atoms with Gasteiger partial charge in [-0.25, -0.2) is 4.79 Å². The van der Waals surface area contributed by atoms with E-state index < -0.39 is 17.6 Å². The Labute approximate surface area is 169 Å². The summed E-state index contributed by atoms with van der Waals surface area (Å²) < 4.78 is 0. The number of phenolic OH excluding ortho intramolecular Hbond substituents is 1. The molecule has 2 aliphatic rings. The normalized spacial score (nSPS) is 21.1. The molecule has 1 aliphatic carbocycles. The van der Waals surface area contributed by atoms with Crippen LogP contribution in [-0.4, -0.2) is 57.0 Å². The van der Waals surface area contributed by atoms with Gasteiger partial charge in [-0.2, -0.15) is 0 Å². The van der Waals surface area contributed by atoms with Gasteiger partial charge in [0.05, 0.1) is 16.5 Å². The third-order valence-electron chi connectivity index (χ3n) is 5.94. The molecule has 1 saturated carbocycles. The summed E-state index contributed by atoms with van der Waals surface area (Å²) in [4.78, 5) is 26.0. The quantitative estimate of drug-likeness (QED) is 0.609. The molecule has 8 heteroatoms. The van der Waals surface area contributed by atoms with Gasteiger partial charge in [0.15, 0.2) is 0 Å². The largest absolute Gasteiger partial charge is 0.506 e. The Morgan fingerprint density at radius 3 is 2.39 bits per heavy atom. The molecule has 0 radical (unpaired) electrons. The standard InChI is InChI=1S/C20H27ClN2O5/c21-15-12-13(4-5-16(15)24)17(20(28)8-2-1-3-9-20)18(25)23-10-6-14(7-11-23)22-19(26)27/h4-5,12,14,17,22,24,28H,1-3,6-11H2,(H,26,27). The van der Waals surface area contributed by atoms with Crippen LogP contribution in [0.4, 0.5) is 4.79 Å². The number of phenols is 1. The van der Waals surface area contributed by atoms with Crippen molar-refractivity contribution in [2.45, 2.75) is 62.5 Å². The third-order valence-corrected chi connectivity index (χ3v) is 6.25. The molecule has 1 heterocycles. The Balaban J connectivity index is 1.83. The number of carbonyl (C=O) groups excluding carboxylic acids is 1. The monoisotopic (exact) mass is 410 g/mol. The minimum Gasteiger partial charge on any atom is -0.506 e. The predicted octanol–water partition coefficient (Wildman–Crippen LogP) is 3.08. The maximum absolute atomic E-state index is 13.5. The molecule has 0 spiro atoms. The summed E-state index contributed by atoms with van der Waals surface area (Å²) >= 11 is 6.08. The minimum absolute atomic E-state index is 0.0622. The lowest BCUT2D eigenvalue weighted by Gasteiger charge is -2.42. The molecule has 0 aromatic heterocycles. The molecule has 1 aromatic carbocycles. The first-order valence-electron chi connectivity index (χ1n) is 9.79. The molecule has 1 atom stereocenters. The number of amides is 2. The van der Waals surface area contributed by atoms with Crippen molar-refractivity contribution >= 4 is 23.6 Å². The van der Waals surface area contributed by atoms with E-state index in [4.69, 9.17) is 16.7 Å². The first-order valence-corrected chi connectivity index (χ1v) is 10.2. The predicted molar refractivity (Wildman–Crippen MR) is 105 cm³/mol. The van der Waals surface area contributed by atoms with E-state index in [0.717, 1.165) is 19.3 Å². The fourth-order valence-electron chi connectivity index (χ4n) is 4.44. The Bertz CT molecular complexity index is 727. The Morgan fingerprint density at radius 2 is 1.82 bits per heavy atom. The van der Waals surface area contributed by atoms with Crippen molar-refractivity contribution in [3.8, 4) is 5.75 Å². The minimum atomic E-state index is -1.15. The van der Waals surface area contributed by atoms with E-state index in [1.807, 2.05) is 0 Å². The van der Waals surface area contributed by atoms with Crippen LogP contribution in [0.5, 0.6) is 5.75 Å². The number of carbonyl (C=O) groups is 2. The Hall–Kier alpha value is -1.99. The number of likely N-dealkylation sites (tertiary alicyclic amines) is 1. The highest BCUT2D eigenvalue weighted by Crippen LogP contribution is 2.42. The Morgan fingerprint density at radius 1 is 1.18 bits per heavy atom. The van der Waals surface area contributed by atoms with E-state index in [1.54, 1.807) is 17.0 Å². The first kappa shape index (κ1) is 20.7. The Kier molecular flexibility index (Phi) is 6.35. The smallest absolute Gasteiger partial charge is 0.404 e. The molecule has 3 rings (SSSR count). The highest BCUT2D eigenvalue weighted by atomic mass is 35.5. The fourth-order valence-corrected chi connectivity index (χ4v) is 4.63. The molecule has 1 unspecified atom stereocenters. The maximum Gasteiger partial charge on any atom is 0.404 e. The lowest BCUT2D eigenvalue weighted by molar-refractivity contribution is -0.142. The van der Waals surface area contributed by atoms with E-state index in [1.165, 1.54) is 6.07 Å². The van der Waals surface area contributed by atoms with E-state index >= 15 is 0 Å². The number of nitrogens with zero attached hydrogens (tertiary/aromatic N) is 1. The van der Waals surface area contributed by atoms with Crippen LogP contribution < -0.4 is 5.32 Å². The number of carboxylic acid groups (broad SMARTS) is 1. The van der Waals surface area contributed by atoms with Crippen molar-refractivity contribution < 1.29 is 24.9 Å². The van der Waals surface area contributed by atoms with Crippen molar-refractivity contribution in [2.24, 2.45) is 0 Å². The van der Waals surface area contributed by atoms with Gasteiger partial charge in [0.2, 0.25) is 5.91 Å². The molecule has 1 aromatic rings. The van der Waals surface area contributed by atoms with E-state index in [-0.39, 0.29) is 22.7 Å². The van der Waals surface area contributed by atoms with Crippen molar-refractivity contribution in [3.05, 3.63) is 28.8 Å². The second kappa shape index (κ2) is 8.57. The van der Waals surface area contributed by atoms with Gasteiger partial charge < -0.3 is 25.5 Å². The van der Waals surface area contributed by atoms with Crippen LogP contribution in [0.25, 0.3) is 0 Å². The fraction of sp³-hybridized carbons (Fsp3) is 0.600. The number of hydrogen-bond acceptors (Lipinski definition) is 4. The van der Waals surface area contributed by atoms with Crippen molar-refractivity contribution in [1.29, 1.82) is 0 Å². The van der Waals surface area contributed by atoms with Gasteiger partial charge in [-0.15, -0.1) is 0 Å². The number of aliphatic hydroxyl groups is 1. The molecular weight excluding hydrogens is 384 g/mol. The van der Waals surface area contributed by atoms with Gasteiger partial charge in [0.1, 0.15) is 5.75 Å². The molecule has 1 saturated heterocycles. The zero-order valence-corrected chi connectivity index (χ0v) is 16.5. The molecule has 0 bridgehead atoms. The summed E-state index contributed by atoms with van der Waals surface area (Å²) in [7, 11) is 0. The zero-order valence-electron chi connectivity index (χ0n) is 15.7. The summed E-state index contributed by atoms with van der Waals surface area (Å²) in [5, 5.41) is 32.6. The van der Waals surface area contributed by atoms with Crippen molar-refractivity contribution in [2.75, 3.05) is 13.1 Å². The number of aromatic hydroxyl groups is 1. The average Bonchev–Trinajstić information content (AvgIpc) is 2.65. The van der Waals surface area contributed by atoms with E-state index in [2.05, 4.69) is 5.32 Å². The molecule has 4 N–H and O–H groups in total. The van der Waals surface area contributed by atoms with Crippen molar-refractivity contribution in [3.63, 3.8) is 0 Å². The highest BCUT2D eigenvalue weighted by Gasteiger charge is 2.45. The highest BCUT2D eigenvalue weighted by molar-refractivity contribution is 6.32. The van der Waals surface area contributed by atoms with Gasteiger partial charge >= 0.3 is 6.09 Å². The van der Waals surface area contributed by atoms with Gasteiger partial charge in [-0.3, -0.25) is 4.79 Å². The van der Waals surface area contributed by atoms with Gasteiger partial charge in [-0.1, -0.05) is 36.9 Å². The summed E-state index contributed by atoms with van der Waals surface area (Å²) in [5.41, 5.74) is -0.547. The summed E-state index contributed by atoms with van der Waals surface area (Å²) in [6, 6.07) is 4.49. The molecule has 28 heavy (non-hydrogen) atoms. The van der Waals surface area contributed by atoms with Crippen LogP contribution in [0, 0.1) is 0 Å². The van der Waals surface area contributed by atoms with Crippen LogP contribution in [-0.2, 0) is 4.79 Å². The number of nitrogens with one attached hydrogen (secondary N) is 1. The van der Waals surface area contributed by atoms with E-state index in [0.29, 0.717) is 44.3 Å². The second-order valence-corrected chi connectivity index (χ2v) is 8.26. The van der Waals surface area contributed by atoms with Crippen LogP contribution in [0.15, 0.2) is 18.2 Å². The van der Waals surface area contributed by atoms with Crippen LogP contribution >= 0.6 is 11.6 Å². The SMILES string of the molecule is O=C(O)NC1CCN(C(=O)C(c2ccc(O)c(Cl)c2)C2(O)CCCCC2)CC1. The van der Waals surface area contributed by atoms with E-state index in [9.17, 15) is 19.8 Å². The van der Waals surface area contributed by atoms with Crippen molar-refractivity contribution in [1.82, 2.24) is 10.2 Å². The van der Waals surface area contributed by atoms with Crippen LogP contribution in [0.2, 0.25) is 5.02 Å². The first-order chi connectivity index (χ1) is 13.3.